The van der Waals surface area contributed by atoms with E-state index in [1.54, 1.807) is 38.5 Å². The van der Waals surface area contributed by atoms with Gasteiger partial charge in [0, 0.05) is 43.2 Å². The minimum Gasteiger partial charge on any atom is -0.493 e. The van der Waals surface area contributed by atoms with Gasteiger partial charge in [-0.05, 0) is 43.0 Å². The number of anilines is 2. The second-order valence-electron chi connectivity index (χ2n) is 8.80. The Kier molecular flexibility index (Phi) is 9.32. The lowest BCUT2D eigenvalue weighted by Gasteiger charge is -2.32. The number of amides is 1. The van der Waals surface area contributed by atoms with Gasteiger partial charge in [-0.25, -0.2) is 14.4 Å². The number of halogens is 2. The minimum absolute atomic E-state index is 0.106. The topological polar surface area (TPSA) is 97.8 Å². The molecule has 9 nitrogen and oxygen atoms in total. The Morgan fingerprint density at radius 1 is 1.16 bits per heavy atom. The van der Waals surface area contributed by atoms with Crippen LogP contribution in [0, 0.1) is 11.7 Å². The molecule has 11 heteroatoms. The Hall–Kier alpha value is -3.21. The van der Waals surface area contributed by atoms with E-state index in [0.29, 0.717) is 78.6 Å². The van der Waals surface area contributed by atoms with Crippen LogP contribution in [-0.2, 0) is 9.53 Å². The predicted octanol–water partition coefficient (Wildman–Crippen LogP) is 4.03. The number of aromatic nitrogens is 2. The Morgan fingerprint density at radius 3 is 2.70 bits per heavy atom. The van der Waals surface area contributed by atoms with Crippen LogP contribution in [-0.4, -0.2) is 74.4 Å². The number of ether oxygens (including phenoxy) is 3. The number of nitrogens with one attached hydrogen (secondary N) is 2. The van der Waals surface area contributed by atoms with Crippen molar-refractivity contribution in [2.24, 2.45) is 5.92 Å². The smallest absolute Gasteiger partial charge is 0.236 e. The second kappa shape index (κ2) is 12.8. The fourth-order valence-electron chi connectivity index (χ4n) is 4.19. The summed E-state index contributed by atoms with van der Waals surface area (Å²) in [5.41, 5.74) is 0.878. The fourth-order valence-corrected chi connectivity index (χ4v) is 4.35. The van der Waals surface area contributed by atoms with Crippen LogP contribution in [0.3, 0.4) is 0 Å². The molecule has 0 saturated carbocycles. The normalized spacial score (nSPS) is 14.1. The zero-order chi connectivity index (χ0) is 26.2. The molecular weight excluding hydrogens is 501 g/mol. The summed E-state index contributed by atoms with van der Waals surface area (Å²) < 4.78 is 31.0. The number of benzene rings is 2. The summed E-state index contributed by atoms with van der Waals surface area (Å²) in [4.78, 5) is 22.9. The van der Waals surface area contributed by atoms with Crippen molar-refractivity contribution in [2.75, 3.05) is 58.9 Å². The lowest BCUT2D eigenvalue weighted by molar-refractivity contribution is -0.131. The van der Waals surface area contributed by atoms with E-state index in [0.717, 1.165) is 12.8 Å². The summed E-state index contributed by atoms with van der Waals surface area (Å²) in [6, 6.07) is 7.96. The molecule has 3 aromatic rings. The summed E-state index contributed by atoms with van der Waals surface area (Å²) in [7, 11) is 3.20. The summed E-state index contributed by atoms with van der Waals surface area (Å²) in [6.45, 7) is 3.47. The van der Waals surface area contributed by atoms with Crippen LogP contribution in [0.25, 0.3) is 10.9 Å². The van der Waals surface area contributed by atoms with Gasteiger partial charge in [0.1, 0.15) is 18.0 Å². The molecule has 0 aliphatic carbocycles. The first-order valence-corrected chi connectivity index (χ1v) is 12.5. The number of hydrogen-bond donors (Lipinski definition) is 2. The maximum Gasteiger partial charge on any atom is 0.236 e. The van der Waals surface area contributed by atoms with E-state index in [1.807, 2.05) is 4.90 Å². The number of methoxy groups -OCH3 is 2. The van der Waals surface area contributed by atoms with Crippen molar-refractivity contribution in [1.82, 2.24) is 20.2 Å². The quantitative estimate of drug-likeness (QED) is 0.358. The lowest BCUT2D eigenvalue weighted by atomic mass is 9.97. The fraction of sp³-hybridized carbons (Fsp3) is 0.423. The molecule has 2 aromatic carbocycles. The predicted molar refractivity (Wildman–Crippen MR) is 140 cm³/mol. The van der Waals surface area contributed by atoms with Crippen LogP contribution in [0.15, 0.2) is 36.7 Å². The molecule has 0 bridgehead atoms. The molecule has 4 rings (SSSR count). The van der Waals surface area contributed by atoms with Gasteiger partial charge in [-0.1, -0.05) is 11.6 Å². The molecule has 0 spiro atoms. The highest BCUT2D eigenvalue weighted by molar-refractivity contribution is 6.30. The third-order valence-electron chi connectivity index (χ3n) is 6.31. The van der Waals surface area contributed by atoms with E-state index >= 15 is 0 Å². The van der Waals surface area contributed by atoms with E-state index in [-0.39, 0.29) is 11.6 Å². The molecular formula is C26H31ClFN5O4. The first kappa shape index (κ1) is 26.8. The number of hydrogen-bond acceptors (Lipinski definition) is 8. The number of nitrogens with zero attached hydrogens (tertiary/aromatic N) is 3. The number of likely N-dealkylation sites (tertiary alicyclic amines) is 1. The molecule has 2 heterocycles. The third-order valence-corrected chi connectivity index (χ3v) is 6.54. The van der Waals surface area contributed by atoms with Gasteiger partial charge in [0.2, 0.25) is 5.91 Å². The van der Waals surface area contributed by atoms with E-state index in [1.165, 1.54) is 12.4 Å². The highest BCUT2D eigenvalue weighted by atomic mass is 35.5. The maximum atomic E-state index is 14.3. The van der Waals surface area contributed by atoms with Crippen LogP contribution in [0.5, 0.6) is 11.5 Å². The molecule has 2 N–H and O–H groups in total. The SMILES string of the molecule is COCCNCC(=O)N1CCC(COc2cc3ncnc(Nc4ccc(Cl)cc4F)c3cc2OC)CC1. The summed E-state index contributed by atoms with van der Waals surface area (Å²) >= 11 is 5.86. The third kappa shape index (κ3) is 6.97. The molecule has 1 aliphatic rings. The number of carbonyl (C=O) groups is 1. The number of rotatable bonds is 11. The second-order valence-corrected chi connectivity index (χ2v) is 9.23. The Labute approximate surface area is 220 Å². The van der Waals surface area contributed by atoms with Crippen molar-refractivity contribution in [3.8, 4) is 11.5 Å². The van der Waals surface area contributed by atoms with Crippen molar-refractivity contribution in [3.63, 3.8) is 0 Å². The van der Waals surface area contributed by atoms with Gasteiger partial charge in [-0.3, -0.25) is 4.79 Å². The molecule has 0 atom stereocenters. The monoisotopic (exact) mass is 531 g/mol. The molecule has 1 aromatic heterocycles. The van der Waals surface area contributed by atoms with Gasteiger partial charge in [0.25, 0.3) is 0 Å². The largest absolute Gasteiger partial charge is 0.493 e. The first-order valence-electron chi connectivity index (χ1n) is 12.1. The number of carbonyl (C=O) groups excluding carboxylic acids is 1. The molecule has 0 radical (unpaired) electrons. The summed E-state index contributed by atoms with van der Waals surface area (Å²) in [6.07, 6.45) is 3.14. The van der Waals surface area contributed by atoms with Gasteiger partial charge in [-0.2, -0.15) is 0 Å². The molecule has 1 fully saturated rings. The molecule has 1 saturated heterocycles. The van der Waals surface area contributed by atoms with Gasteiger partial charge >= 0.3 is 0 Å². The minimum atomic E-state index is -0.485. The zero-order valence-electron chi connectivity index (χ0n) is 20.9. The van der Waals surface area contributed by atoms with Gasteiger partial charge in [0.05, 0.1) is 38.1 Å². The van der Waals surface area contributed by atoms with E-state index in [9.17, 15) is 9.18 Å². The van der Waals surface area contributed by atoms with Crippen molar-refractivity contribution in [2.45, 2.75) is 12.8 Å². The number of piperidine rings is 1. The molecule has 37 heavy (non-hydrogen) atoms. The van der Waals surface area contributed by atoms with Crippen LogP contribution in [0.4, 0.5) is 15.9 Å². The van der Waals surface area contributed by atoms with Crippen LogP contribution >= 0.6 is 11.6 Å². The average Bonchev–Trinajstić information content (AvgIpc) is 2.91. The van der Waals surface area contributed by atoms with Crippen molar-refractivity contribution >= 4 is 39.9 Å². The average molecular weight is 532 g/mol. The Bertz CT molecular complexity index is 1220. The summed E-state index contributed by atoms with van der Waals surface area (Å²) in [5, 5.41) is 7.07. The van der Waals surface area contributed by atoms with Crippen molar-refractivity contribution in [3.05, 3.63) is 47.5 Å². The first-order chi connectivity index (χ1) is 18.0. The molecule has 1 amide bonds. The van der Waals surface area contributed by atoms with Gasteiger partial charge in [0.15, 0.2) is 11.5 Å². The van der Waals surface area contributed by atoms with Crippen LogP contribution < -0.4 is 20.1 Å². The Balaban J connectivity index is 1.38. The van der Waals surface area contributed by atoms with E-state index in [4.69, 9.17) is 25.8 Å². The van der Waals surface area contributed by atoms with Crippen molar-refractivity contribution < 1.29 is 23.4 Å². The lowest BCUT2D eigenvalue weighted by Crippen LogP contribution is -2.44. The van der Waals surface area contributed by atoms with Crippen LogP contribution in [0.1, 0.15) is 12.8 Å². The van der Waals surface area contributed by atoms with Crippen molar-refractivity contribution in [1.29, 1.82) is 0 Å². The maximum absolute atomic E-state index is 14.3. The zero-order valence-corrected chi connectivity index (χ0v) is 21.7. The van der Waals surface area contributed by atoms with Crippen LogP contribution in [0.2, 0.25) is 5.02 Å². The van der Waals surface area contributed by atoms with Gasteiger partial charge < -0.3 is 29.7 Å². The highest BCUT2D eigenvalue weighted by Gasteiger charge is 2.23. The Morgan fingerprint density at radius 2 is 1.97 bits per heavy atom. The standard InChI is InChI=1S/C26H31ClFN5O4/c1-35-10-7-29-14-25(34)33-8-5-17(6-9-33)15-37-24-13-22-19(12-23(24)36-2)26(31-16-30-22)32-21-4-3-18(27)11-20(21)28/h3-4,11-13,16-17,29H,5-10,14-15H2,1-2H3,(H,30,31,32). The van der Waals surface area contributed by atoms with E-state index < -0.39 is 5.82 Å². The molecule has 0 unspecified atom stereocenters. The highest BCUT2D eigenvalue weighted by Crippen LogP contribution is 2.36. The van der Waals surface area contributed by atoms with Gasteiger partial charge in [-0.15, -0.1) is 0 Å². The van der Waals surface area contributed by atoms with E-state index in [2.05, 4.69) is 20.6 Å². The molecule has 198 valence electrons. The molecule has 1 aliphatic heterocycles. The summed E-state index contributed by atoms with van der Waals surface area (Å²) in [5.74, 6) is 1.47. The number of fused-ring (bicyclic) bond motifs is 1.